The molecule has 0 spiro atoms. The molecule has 1 nitrogen and oxygen atoms in total. The van der Waals surface area contributed by atoms with Crippen LogP contribution in [0, 0.1) is 17.0 Å². The fourth-order valence-corrected chi connectivity index (χ4v) is 3.71. The van der Waals surface area contributed by atoms with E-state index in [2.05, 4.69) is 5.32 Å². The van der Waals surface area contributed by atoms with Crippen molar-refractivity contribution in [3.8, 4) is 0 Å². The Kier molecular flexibility index (Phi) is 4.58. The zero-order chi connectivity index (χ0) is 14.7. The van der Waals surface area contributed by atoms with Gasteiger partial charge in [0.25, 0.3) is 0 Å². The number of hydrogen-bond donors (Lipinski definition) is 1. The Labute approximate surface area is 126 Å². The standard InChI is InChI=1S/C18H25F2N/c19-15-3-6-17(20)14(13-15)7-10-18(8-1-2-9-18)11-12-21-16-4-5-16/h3,6,13,16,21H,1-2,4-5,7-12H2. The second-order valence-electron chi connectivity index (χ2n) is 6.92. The number of hydrogen-bond acceptors (Lipinski definition) is 1. The minimum Gasteiger partial charge on any atom is -0.314 e. The van der Waals surface area contributed by atoms with Gasteiger partial charge in [-0.3, -0.25) is 0 Å². The Morgan fingerprint density at radius 2 is 1.86 bits per heavy atom. The molecule has 2 fully saturated rings. The first-order chi connectivity index (χ1) is 10.2. The summed E-state index contributed by atoms with van der Waals surface area (Å²) in [6.07, 6.45) is 10.5. The van der Waals surface area contributed by atoms with Crippen molar-refractivity contribution < 1.29 is 8.78 Å². The van der Waals surface area contributed by atoms with Crippen LogP contribution in [0.4, 0.5) is 8.78 Å². The van der Waals surface area contributed by atoms with E-state index in [0.29, 0.717) is 17.4 Å². The van der Waals surface area contributed by atoms with Crippen molar-refractivity contribution in [1.82, 2.24) is 5.32 Å². The van der Waals surface area contributed by atoms with Gasteiger partial charge in [-0.15, -0.1) is 0 Å². The molecule has 0 amide bonds. The molecule has 0 aliphatic heterocycles. The lowest BCUT2D eigenvalue weighted by Gasteiger charge is -2.29. The summed E-state index contributed by atoms with van der Waals surface area (Å²) in [5.41, 5.74) is 0.886. The highest BCUT2D eigenvalue weighted by molar-refractivity contribution is 5.19. The molecule has 0 radical (unpaired) electrons. The first-order valence-electron chi connectivity index (χ1n) is 8.34. The number of halogens is 2. The molecule has 0 heterocycles. The Morgan fingerprint density at radius 3 is 2.57 bits per heavy atom. The van der Waals surface area contributed by atoms with Gasteiger partial charge in [0, 0.05) is 6.04 Å². The first kappa shape index (κ1) is 15.0. The number of benzene rings is 1. The van der Waals surface area contributed by atoms with E-state index in [-0.39, 0.29) is 11.6 Å². The predicted molar refractivity (Wildman–Crippen MR) is 81.2 cm³/mol. The molecule has 0 aromatic heterocycles. The fourth-order valence-electron chi connectivity index (χ4n) is 3.71. The van der Waals surface area contributed by atoms with Crippen LogP contribution in [0.3, 0.4) is 0 Å². The molecule has 3 heteroatoms. The molecule has 3 rings (SSSR count). The van der Waals surface area contributed by atoms with Gasteiger partial charge in [0.1, 0.15) is 11.6 Å². The molecule has 2 aliphatic rings. The maximum Gasteiger partial charge on any atom is 0.126 e. The van der Waals surface area contributed by atoms with Crippen LogP contribution in [0.25, 0.3) is 0 Å². The van der Waals surface area contributed by atoms with Crippen molar-refractivity contribution in [3.63, 3.8) is 0 Å². The zero-order valence-electron chi connectivity index (χ0n) is 12.6. The molecule has 0 unspecified atom stereocenters. The van der Waals surface area contributed by atoms with Gasteiger partial charge in [-0.2, -0.15) is 0 Å². The topological polar surface area (TPSA) is 12.0 Å². The zero-order valence-corrected chi connectivity index (χ0v) is 12.6. The maximum absolute atomic E-state index is 13.8. The van der Waals surface area contributed by atoms with Crippen molar-refractivity contribution in [2.75, 3.05) is 6.54 Å². The average Bonchev–Trinajstić information content (AvgIpc) is 3.18. The predicted octanol–water partition coefficient (Wildman–Crippen LogP) is 4.60. The SMILES string of the molecule is Fc1ccc(F)c(CCC2(CCNC3CC3)CCCC2)c1. The van der Waals surface area contributed by atoms with Gasteiger partial charge in [-0.05, 0) is 80.7 Å². The number of aryl methyl sites for hydroxylation is 1. The molecule has 0 atom stereocenters. The van der Waals surface area contributed by atoms with Crippen molar-refractivity contribution in [3.05, 3.63) is 35.4 Å². The normalized spacial score (nSPS) is 20.9. The van der Waals surface area contributed by atoms with Crippen LogP contribution in [-0.2, 0) is 6.42 Å². The van der Waals surface area contributed by atoms with Crippen molar-refractivity contribution in [2.24, 2.45) is 5.41 Å². The summed E-state index contributed by atoms with van der Waals surface area (Å²) in [6, 6.07) is 4.56. The highest BCUT2D eigenvalue weighted by Gasteiger charge is 2.33. The van der Waals surface area contributed by atoms with Crippen LogP contribution in [-0.4, -0.2) is 12.6 Å². The molecule has 2 aliphatic carbocycles. The van der Waals surface area contributed by atoms with Crippen LogP contribution in [0.1, 0.15) is 56.9 Å². The van der Waals surface area contributed by atoms with E-state index < -0.39 is 0 Å². The van der Waals surface area contributed by atoms with Gasteiger partial charge in [0.2, 0.25) is 0 Å². The van der Waals surface area contributed by atoms with Gasteiger partial charge in [0.05, 0.1) is 0 Å². The highest BCUT2D eigenvalue weighted by Crippen LogP contribution is 2.44. The largest absolute Gasteiger partial charge is 0.314 e. The molecular formula is C18H25F2N. The Balaban J connectivity index is 1.57. The molecule has 116 valence electrons. The van der Waals surface area contributed by atoms with Crippen molar-refractivity contribution >= 4 is 0 Å². The maximum atomic E-state index is 13.8. The van der Waals surface area contributed by atoms with Gasteiger partial charge in [0.15, 0.2) is 0 Å². The monoisotopic (exact) mass is 293 g/mol. The third kappa shape index (κ3) is 4.03. The third-order valence-corrected chi connectivity index (χ3v) is 5.26. The molecule has 1 aromatic rings. The van der Waals surface area contributed by atoms with E-state index in [1.807, 2.05) is 0 Å². The lowest BCUT2D eigenvalue weighted by molar-refractivity contribution is 0.244. The summed E-state index contributed by atoms with van der Waals surface area (Å²) in [7, 11) is 0. The molecule has 0 bridgehead atoms. The molecule has 0 saturated heterocycles. The third-order valence-electron chi connectivity index (χ3n) is 5.26. The highest BCUT2D eigenvalue weighted by atomic mass is 19.1. The van der Waals surface area contributed by atoms with E-state index in [1.54, 1.807) is 0 Å². The Bertz CT molecular complexity index is 476. The van der Waals surface area contributed by atoms with Gasteiger partial charge in [-0.1, -0.05) is 12.8 Å². The quantitative estimate of drug-likeness (QED) is 0.774. The van der Waals surface area contributed by atoms with E-state index in [9.17, 15) is 8.78 Å². The smallest absolute Gasteiger partial charge is 0.126 e. The molecule has 1 N–H and O–H groups in total. The fraction of sp³-hybridized carbons (Fsp3) is 0.667. The van der Waals surface area contributed by atoms with Gasteiger partial charge in [-0.25, -0.2) is 8.78 Å². The Morgan fingerprint density at radius 1 is 1.10 bits per heavy atom. The van der Waals surface area contributed by atoms with Crippen LogP contribution in [0.15, 0.2) is 18.2 Å². The van der Waals surface area contributed by atoms with Crippen molar-refractivity contribution in [2.45, 2.75) is 63.8 Å². The first-order valence-corrected chi connectivity index (χ1v) is 8.34. The minimum atomic E-state index is -0.331. The summed E-state index contributed by atoms with van der Waals surface area (Å²) in [4.78, 5) is 0. The van der Waals surface area contributed by atoms with Crippen LogP contribution in [0.2, 0.25) is 0 Å². The molecule has 1 aromatic carbocycles. The van der Waals surface area contributed by atoms with Gasteiger partial charge < -0.3 is 5.32 Å². The van der Waals surface area contributed by atoms with E-state index in [4.69, 9.17) is 0 Å². The van der Waals surface area contributed by atoms with E-state index in [0.717, 1.165) is 19.0 Å². The Hall–Kier alpha value is -0.960. The lowest BCUT2D eigenvalue weighted by Crippen LogP contribution is -2.26. The van der Waals surface area contributed by atoms with Crippen LogP contribution >= 0.6 is 0 Å². The van der Waals surface area contributed by atoms with E-state index >= 15 is 0 Å². The molecule has 21 heavy (non-hydrogen) atoms. The number of nitrogens with one attached hydrogen (secondary N) is 1. The number of rotatable bonds is 7. The summed E-state index contributed by atoms with van der Waals surface area (Å²) in [5.74, 6) is -0.595. The second-order valence-corrected chi connectivity index (χ2v) is 6.92. The second kappa shape index (κ2) is 6.43. The molecular weight excluding hydrogens is 268 g/mol. The summed E-state index contributed by atoms with van der Waals surface area (Å²) in [6.45, 7) is 1.08. The van der Waals surface area contributed by atoms with Crippen molar-refractivity contribution in [1.29, 1.82) is 0 Å². The molecule has 2 saturated carbocycles. The summed E-state index contributed by atoms with van der Waals surface area (Å²) in [5, 5.41) is 3.59. The minimum absolute atomic E-state index is 0.263. The summed E-state index contributed by atoms with van der Waals surface area (Å²) < 4.78 is 27.0. The van der Waals surface area contributed by atoms with Crippen LogP contribution in [0.5, 0.6) is 0 Å². The van der Waals surface area contributed by atoms with E-state index in [1.165, 1.54) is 63.1 Å². The summed E-state index contributed by atoms with van der Waals surface area (Å²) >= 11 is 0. The van der Waals surface area contributed by atoms with Gasteiger partial charge >= 0.3 is 0 Å². The van der Waals surface area contributed by atoms with Crippen LogP contribution < -0.4 is 5.32 Å². The average molecular weight is 293 g/mol. The lowest BCUT2D eigenvalue weighted by atomic mass is 9.77.